The third-order valence-corrected chi connectivity index (χ3v) is 4.23. The maximum Gasteiger partial charge on any atom is 0.127 e. The van der Waals surface area contributed by atoms with Crippen molar-refractivity contribution in [3.05, 3.63) is 62.6 Å². The maximum absolute atomic E-state index is 6.23. The quantitative estimate of drug-likeness (QED) is 0.783. The minimum Gasteiger partial charge on any atom is -0.485 e. The molecule has 0 spiro atoms. The van der Waals surface area contributed by atoms with Gasteiger partial charge in [-0.15, -0.1) is 0 Å². The molecule has 0 amide bonds. The monoisotopic (exact) mass is 327 g/mol. The van der Waals surface area contributed by atoms with E-state index in [1.165, 1.54) is 0 Å². The van der Waals surface area contributed by atoms with Crippen LogP contribution >= 0.6 is 34.8 Å². The molecule has 2 atom stereocenters. The summed E-state index contributed by atoms with van der Waals surface area (Å²) in [6.45, 7) is 0. The van der Waals surface area contributed by atoms with Gasteiger partial charge in [-0.3, -0.25) is 0 Å². The number of hydrogen-bond donors (Lipinski definition) is 1. The molecule has 2 N–H and O–H groups in total. The summed E-state index contributed by atoms with van der Waals surface area (Å²) in [5, 5.41) is 1.91. The third-order valence-electron chi connectivity index (χ3n) is 3.41. The summed E-state index contributed by atoms with van der Waals surface area (Å²) in [5.41, 5.74) is 8.00. The van der Waals surface area contributed by atoms with E-state index in [9.17, 15) is 0 Å². The van der Waals surface area contributed by atoms with Gasteiger partial charge in [0.1, 0.15) is 11.9 Å². The number of rotatable bonds is 1. The summed E-state index contributed by atoms with van der Waals surface area (Å²) in [4.78, 5) is 0. The van der Waals surface area contributed by atoms with Crippen molar-refractivity contribution in [2.45, 2.75) is 18.6 Å². The zero-order chi connectivity index (χ0) is 14.3. The number of hydrogen-bond acceptors (Lipinski definition) is 2. The summed E-state index contributed by atoms with van der Waals surface area (Å²) in [5.74, 6) is 0.745. The zero-order valence-corrected chi connectivity index (χ0v) is 12.7. The van der Waals surface area contributed by atoms with Crippen LogP contribution in [0.2, 0.25) is 15.1 Å². The molecular weight excluding hydrogens is 317 g/mol. The number of ether oxygens (including phenoxy) is 1. The molecule has 2 unspecified atom stereocenters. The van der Waals surface area contributed by atoms with Crippen molar-refractivity contribution in [1.82, 2.24) is 0 Å². The van der Waals surface area contributed by atoms with E-state index >= 15 is 0 Å². The van der Waals surface area contributed by atoms with Crippen LogP contribution in [0, 0.1) is 0 Å². The Morgan fingerprint density at radius 3 is 2.35 bits per heavy atom. The molecule has 2 aromatic rings. The summed E-state index contributed by atoms with van der Waals surface area (Å²) in [6, 6.07) is 10.7. The molecular formula is C15H12Cl3NO. The van der Waals surface area contributed by atoms with E-state index < -0.39 is 0 Å². The normalized spacial score (nSPS) is 21.2. The molecule has 20 heavy (non-hydrogen) atoms. The molecule has 0 aromatic heterocycles. The molecule has 3 rings (SSSR count). The molecule has 1 aliphatic rings. The maximum atomic E-state index is 6.23. The minimum atomic E-state index is -0.204. The van der Waals surface area contributed by atoms with Crippen molar-refractivity contribution in [1.29, 1.82) is 0 Å². The average molecular weight is 329 g/mol. The zero-order valence-electron chi connectivity index (χ0n) is 10.4. The minimum absolute atomic E-state index is 0.141. The van der Waals surface area contributed by atoms with Gasteiger partial charge in [-0.2, -0.15) is 0 Å². The van der Waals surface area contributed by atoms with Crippen LogP contribution in [0.4, 0.5) is 0 Å². The van der Waals surface area contributed by atoms with E-state index in [4.69, 9.17) is 45.3 Å². The second kappa shape index (κ2) is 5.45. The Bertz CT molecular complexity index is 660. The molecule has 0 radical (unpaired) electrons. The fraction of sp³-hybridized carbons (Fsp3) is 0.200. The fourth-order valence-corrected chi connectivity index (χ4v) is 3.03. The standard InChI is InChI=1S/C15H12Cl3NO/c16-8-1-3-12(18)10(5-8)15-7-13(19)11-6-9(17)2-4-14(11)20-15/h1-6,13,15H,7,19H2. The van der Waals surface area contributed by atoms with Crippen LogP contribution in [0.15, 0.2) is 36.4 Å². The van der Waals surface area contributed by atoms with Gasteiger partial charge in [0, 0.05) is 38.7 Å². The largest absolute Gasteiger partial charge is 0.485 e. The molecule has 104 valence electrons. The molecule has 1 aliphatic heterocycles. The molecule has 2 nitrogen and oxygen atoms in total. The molecule has 1 heterocycles. The molecule has 0 bridgehead atoms. The predicted octanol–water partition coefficient (Wildman–Crippen LogP) is 5.17. The summed E-state index contributed by atoms with van der Waals surface area (Å²) >= 11 is 18.3. The lowest BCUT2D eigenvalue weighted by atomic mass is 9.93. The van der Waals surface area contributed by atoms with Crippen LogP contribution in [0.3, 0.4) is 0 Å². The first kappa shape index (κ1) is 14.0. The summed E-state index contributed by atoms with van der Waals surface area (Å²) in [7, 11) is 0. The average Bonchev–Trinajstić information content (AvgIpc) is 2.42. The lowest BCUT2D eigenvalue weighted by Crippen LogP contribution is -2.24. The van der Waals surface area contributed by atoms with Crippen LogP contribution in [0.5, 0.6) is 5.75 Å². The highest BCUT2D eigenvalue weighted by atomic mass is 35.5. The summed E-state index contributed by atoms with van der Waals surface area (Å²) in [6.07, 6.45) is 0.429. The van der Waals surface area contributed by atoms with Crippen molar-refractivity contribution in [2.75, 3.05) is 0 Å². The molecule has 5 heteroatoms. The highest BCUT2D eigenvalue weighted by Gasteiger charge is 2.28. The van der Waals surface area contributed by atoms with Crippen LogP contribution in [0.1, 0.15) is 29.7 Å². The first-order valence-corrected chi connectivity index (χ1v) is 7.34. The van der Waals surface area contributed by atoms with Crippen molar-refractivity contribution in [3.8, 4) is 5.75 Å². The van der Waals surface area contributed by atoms with Crippen molar-refractivity contribution in [3.63, 3.8) is 0 Å². The third kappa shape index (κ3) is 2.61. The van der Waals surface area contributed by atoms with E-state index in [0.717, 1.165) is 16.9 Å². The Labute approximate surface area is 132 Å². The topological polar surface area (TPSA) is 35.2 Å². The van der Waals surface area contributed by atoms with Crippen LogP contribution < -0.4 is 10.5 Å². The van der Waals surface area contributed by atoms with Crippen LogP contribution in [-0.2, 0) is 0 Å². The van der Waals surface area contributed by atoms with E-state index in [1.807, 2.05) is 18.2 Å². The lowest BCUT2D eigenvalue weighted by molar-refractivity contribution is 0.161. The number of nitrogens with two attached hydrogens (primary N) is 1. The second-order valence-electron chi connectivity index (χ2n) is 4.80. The van der Waals surface area contributed by atoms with Gasteiger partial charge in [-0.25, -0.2) is 0 Å². The van der Waals surface area contributed by atoms with Crippen molar-refractivity contribution >= 4 is 34.8 Å². The Morgan fingerprint density at radius 1 is 0.950 bits per heavy atom. The number of halogens is 3. The van der Waals surface area contributed by atoms with Gasteiger partial charge in [-0.1, -0.05) is 34.8 Å². The van der Waals surface area contributed by atoms with Crippen LogP contribution in [0.25, 0.3) is 0 Å². The Kier molecular flexibility index (Phi) is 3.83. The molecule has 2 aromatic carbocycles. The van der Waals surface area contributed by atoms with Gasteiger partial charge in [-0.05, 0) is 36.4 Å². The van der Waals surface area contributed by atoms with Gasteiger partial charge >= 0.3 is 0 Å². The SMILES string of the molecule is NC1CC(c2cc(Cl)ccc2Cl)Oc2ccc(Cl)cc21. The Balaban J connectivity index is 1.99. The molecule has 0 aliphatic carbocycles. The highest BCUT2D eigenvalue weighted by molar-refractivity contribution is 6.33. The van der Waals surface area contributed by atoms with Gasteiger partial charge < -0.3 is 10.5 Å². The van der Waals surface area contributed by atoms with Crippen molar-refractivity contribution in [2.24, 2.45) is 5.73 Å². The van der Waals surface area contributed by atoms with Crippen LogP contribution in [-0.4, -0.2) is 0 Å². The Hall–Kier alpha value is -0.930. The smallest absolute Gasteiger partial charge is 0.127 e. The Morgan fingerprint density at radius 2 is 1.60 bits per heavy atom. The first-order valence-electron chi connectivity index (χ1n) is 6.21. The van der Waals surface area contributed by atoms with E-state index in [1.54, 1.807) is 18.2 Å². The second-order valence-corrected chi connectivity index (χ2v) is 6.08. The molecule has 0 saturated heterocycles. The number of benzene rings is 2. The van der Waals surface area contributed by atoms with Gasteiger partial charge in [0.25, 0.3) is 0 Å². The van der Waals surface area contributed by atoms with Gasteiger partial charge in [0.15, 0.2) is 0 Å². The first-order chi connectivity index (χ1) is 9.54. The summed E-state index contributed by atoms with van der Waals surface area (Å²) < 4.78 is 6.00. The lowest BCUT2D eigenvalue weighted by Gasteiger charge is -2.31. The highest BCUT2D eigenvalue weighted by Crippen LogP contribution is 2.42. The van der Waals surface area contributed by atoms with Crippen molar-refractivity contribution < 1.29 is 4.74 Å². The number of fused-ring (bicyclic) bond motifs is 1. The van der Waals surface area contributed by atoms with E-state index in [2.05, 4.69) is 0 Å². The fourth-order valence-electron chi connectivity index (χ4n) is 2.43. The van der Waals surface area contributed by atoms with E-state index in [-0.39, 0.29) is 12.1 Å². The molecule has 0 fully saturated rings. The van der Waals surface area contributed by atoms with Gasteiger partial charge in [0.05, 0.1) is 0 Å². The van der Waals surface area contributed by atoms with Gasteiger partial charge in [0.2, 0.25) is 0 Å². The molecule has 0 saturated carbocycles. The predicted molar refractivity (Wildman–Crippen MR) is 82.8 cm³/mol. The van der Waals surface area contributed by atoms with E-state index in [0.29, 0.717) is 21.5 Å².